The molecule has 0 radical (unpaired) electrons. The van der Waals surface area contributed by atoms with Crippen molar-refractivity contribution in [3.05, 3.63) is 75.7 Å². The number of aliphatic hydroxyl groups excluding tert-OH is 1. The van der Waals surface area contributed by atoms with Gasteiger partial charge in [0.25, 0.3) is 0 Å². The van der Waals surface area contributed by atoms with Crippen LogP contribution in [0.25, 0.3) is 0 Å². The molecule has 0 saturated carbocycles. The van der Waals surface area contributed by atoms with Gasteiger partial charge in [0.2, 0.25) is 15.9 Å². The van der Waals surface area contributed by atoms with Crippen LogP contribution in [0.1, 0.15) is 56.4 Å². The molecule has 1 saturated heterocycles. The maximum Gasteiger partial charge on any atom is 0.321 e. The molecule has 0 spiro atoms. The fourth-order valence-corrected chi connectivity index (χ4v) is 8.90. The predicted octanol–water partition coefficient (Wildman–Crippen LogP) is 4.47. The first-order chi connectivity index (χ1) is 23.2. The molecule has 49 heavy (non-hydrogen) atoms. The molecule has 1 aromatic heterocycles. The lowest BCUT2D eigenvalue weighted by Gasteiger charge is -2.34. The number of carbonyl (C=O) groups is 2. The van der Waals surface area contributed by atoms with Crippen molar-refractivity contribution < 1.29 is 27.9 Å². The van der Waals surface area contributed by atoms with Gasteiger partial charge in [-0.1, -0.05) is 58.0 Å². The van der Waals surface area contributed by atoms with Gasteiger partial charge in [-0.2, -0.15) is 4.31 Å². The Morgan fingerprint density at radius 3 is 2.51 bits per heavy atom. The summed E-state index contributed by atoms with van der Waals surface area (Å²) < 4.78 is 35.3. The Balaban J connectivity index is 1.37. The number of nitrogens with one attached hydrogen (secondary N) is 1. The maximum absolute atomic E-state index is 14.1. The summed E-state index contributed by atoms with van der Waals surface area (Å²) >= 11 is 1.53. The molecule has 5 rings (SSSR count). The number of rotatable bonds is 15. The van der Waals surface area contributed by atoms with Crippen LogP contribution >= 0.6 is 11.3 Å². The molecule has 2 unspecified atom stereocenters. The Morgan fingerprint density at radius 1 is 1.12 bits per heavy atom. The first-order valence-corrected chi connectivity index (χ1v) is 19.3. The molecule has 3 aromatic rings. The lowest BCUT2D eigenvalue weighted by atomic mass is 9.97. The van der Waals surface area contributed by atoms with Crippen molar-refractivity contribution in [3.63, 3.8) is 0 Å². The van der Waals surface area contributed by atoms with Crippen LogP contribution in [-0.2, 0) is 34.2 Å². The van der Waals surface area contributed by atoms with Crippen LogP contribution in [0.3, 0.4) is 0 Å². The van der Waals surface area contributed by atoms with Crippen molar-refractivity contribution >= 4 is 33.3 Å². The van der Waals surface area contributed by atoms with Crippen LogP contribution in [0.2, 0.25) is 0 Å². The molecule has 4 atom stereocenters. The fourth-order valence-electron chi connectivity index (χ4n) is 6.63. The second-order valence-corrected chi connectivity index (χ2v) is 16.9. The van der Waals surface area contributed by atoms with Crippen LogP contribution in [-0.4, -0.2) is 95.0 Å². The summed E-state index contributed by atoms with van der Waals surface area (Å²) in [6.07, 6.45) is -0.386. The minimum Gasteiger partial charge on any atom is -0.490 e. The molecule has 2 N–H and O–H groups in total. The molecular weight excluding hydrogens is 663 g/mol. The zero-order valence-corrected chi connectivity index (χ0v) is 30.8. The van der Waals surface area contributed by atoms with E-state index < -0.39 is 28.2 Å². The highest BCUT2D eigenvalue weighted by Gasteiger charge is 2.41. The van der Waals surface area contributed by atoms with Crippen LogP contribution in [0, 0.1) is 18.8 Å². The van der Waals surface area contributed by atoms with E-state index in [4.69, 9.17) is 4.74 Å². The number of hydrogen-bond acceptors (Lipinski definition) is 8. The van der Waals surface area contributed by atoms with E-state index in [1.807, 2.05) is 77.3 Å². The van der Waals surface area contributed by atoms with Crippen molar-refractivity contribution in [2.45, 2.75) is 90.1 Å². The minimum atomic E-state index is -4.00. The number of urea groups is 1. The highest BCUT2D eigenvalue weighted by Crippen LogP contribution is 2.32. The van der Waals surface area contributed by atoms with Gasteiger partial charge >= 0.3 is 6.03 Å². The topological polar surface area (TPSA) is 132 Å². The third-order valence-corrected chi connectivity index (χ3v) is 11.6. The van der Waals surface area contributed by atoms with Gasteiger partial charge in [-0.25, -0.2) is 18.2 Å². The van der Waals surface area contributed by atoms with Gasteiger partial charge in [-0.15, -0.1) is 11.3 Å². The Morgan fingerprint density at radius 2 is 1.86 bits per heavy atom. The zero-order valence-electron chi connectivity index (χ0n) is 29.2. The van der Waals surface area contributed by atoms with Crippen molar-refractivity contribution in [1.29, 1.82) is 0 Å². The standard InChI is InChI=1S/C36H49N5O6S2/c1-23(2)19-40(49(45,46)30-12-13-33-28(18-30)16-25(5)47-33)21-32(42)31(17-27-10-8-7-9-11-27)38-35(43)34(24(3)4)41-15-14-39(36(41)44)20-29-22-48-26(6)37-29/h7-13,18,22-25,31-32,34,42H,14-17,19-21H2,1-6H3,(H,38,43)/t25?,31-,32+,34?/m0/s1. The van der Waals surface area contributed by atoms with Crippen LogP contribution in [0.5, 0.6) is 5.75 Å². The van der Waals surface area contributed by atoms with Gasteiger partial charge in [-0.05, 0) is 61.4 Å². The Labute approximate surface area is 294 Å². The summed E-state index contributed by atoms with van der Waals surface area (Å²) in [7, 11) is -4.00. The third kappa shape index (κ3) is 8.80. The fraction of sp³-hybridized carbons (Fsp3) is 0.528. The Bertz CT molecular complexity index is 1710. The van der Waals surface area contributed by atoms with E-state index in [1.54, 1.807) is 28.0 Å². The number of amides is 3. The number of thiazole rings is 1. The monoisotopic (exact) mass is 711 g/mol. The largest absolute Gasteiger partial charge is 0.490 e. The number of fused-ring (bicyclic) bond motifs is 1. The first-order valence-electron chi connectivity index (χ1n) is 17.0. The molecular formula is C36H49N5O6S2. The summed E-state index contributed by atoms with van der Waals surface area (Å²) in [4.78, 5) is 35.6. The van der Waals surface area contributed by atoms with Crippen LogP contribution in [0.4, 0.5) is 4.79 Å². The number of aryl methyl sites for hydroxylation is 1. The normalized spacial score (nSPS) is 18.2. The van der Waals surface area contributed by atoms with E-state index in [-0.39, 0.29) is 54.3 Å². The number of nitrogens with zero attached hydrogens (tertiary/aromatic N) is 4. The number of carbonyl (C=O) groups excluding carboxylic acids is 2. The third-order valence-electron chi connectivity index (χ3n) is 8.94. The van der Waals surface area contributed by atoms with Gasteiger partial charge in [0.1, 0.15) is 17.9 Å². The lowest BCUT2D eigenvalue weighted by Crippen LogP contribution is -2.57. The SMILES string of the molecule is Cc1nc(CN2CCN(C(C(=O)N[C@@H](Cc3ccccc3)[C@H](O)CN(CC(C)C)S(=O)(=O)c3ccc4c(c3)CC(C)O4)C(C)C)C2=O)cs1. The number of hydrogen-bond donors (Lipinski definition) is 2. The average Bonchev–Trinajstić information content (AvgIpc) is 3.73. The molecule has 3 amide bonds. The van der Waals surface area contributed by atoms with E-state index in [2.05, 4.69) is 10.3 Å². The molecule has 11 nitrogen and oxygen atoms in total. The second kappa shape index (κ2) is 15.6. The number of ether oxygens (including phenoxy) is 1. The van der Waals surface area contributed by atoms with Crippen molar-refractivity contribution in [1.82, 2.24) is 24.4 Å². The highest BCUT2D eigenvalue weighted by molar-refractivity contribution is 7.89. The summed E-state index contributed by atoms with van der Waals surface area (Å²) in [6, 6.07) is 12.5. The first kappa shape index (κ1) is 36.8. The van der Waals surface area contributed by atoms with Crippen molar-refractivity contribution in [3.8, 4) is 5.75 Å². The number of benzene rings is 2. The maximum atomic E-state index is 14.1. The molecule has 0 bridgehead atoms. The smallest absolute Gasteiger partial charge is 0.321 e. The second-order valence-electron chi connectivity index (χ2n) is 13.9. The average molecular weight is 712 g/mol. The molecule has 2 aliphatic heterocycles. The zero-order chi connectivity index (χ0) is 35.5. The molecule has 0 aliphatic carbocycles. The highest BCUT2D eigenvalue weighted by atomic mass is 32.2. The van der Waals surface area contributed by atoms with E-state index >= 15 is 0 Å². The molecule has 2 aliphatic rings. The minimum absolute atomic E-state index is 0.0236. The van der Waals surface area contributed by atoms with Gasteiger partial charge in [0.05, 0.1) is 34.3 Å². The molecule has 3 heterocycles. The van der Waals surface area contributed by atoms with Crippen LogP contribution < -0.4 is 10.1 Å². The van der Waals surface area contributed by atoms with Crippen molar-refractivity contribution in [2.75, 3.05) is 26.2 Å². The number of aromatic nitrogens is 1. The van der Waals surface area contributed by atoms with Gasteiger partial charge in [0.15, 0.2) is 0 Å². The molecule has 2 aromatic carbocycles. The molecule has 266 valence electrons. The Kier molecular flexibility index (Phi) is 11.7. The predicted molar refractivity (Wildman–Crippen MR) is 190 cm³/mol. The molecule has 1 fully saturated rings. The van der Waals surface area contributed by atoms with E-state index in [1.165, 1.54) is 15.6 Å². The summed E-state index contributed by atoms with van der Waals surface area (Å²) in [5.74, 6) is 0.0552. The van der Waals surface area contributed by atoms with E-state index in [0.717, 1.165) is 21.8 Å². The summed E-state index contributed by atoms with van der Waals surface area (Å²) in [6.45, 7) is 12.7. The van der Waals surface area contributed by atoms with Crippen molar-refractivity contribution in [2.24, 2.45) is 11.8 Å². The number of aliphatic hydroxyl groups is 1. The van der Waals surface area contributed by atoms with Crippen LogP contribution in [0.15, 0.2) is 58.8 Å². The van der Waals surface area contributed by atoms with Gasteiger partial charge in [0, 0.05) is 38.0 Å². The van der Waals surface area contributed by atoms with Gasteiger partial charge in [-0.3, -0.25) is 4.79 Å². The number of sulfonamides is 1. The quantitative estimate of drug-likeness (QED) is 0.238. The lowest BCUT2D eigenvalue weighted by molar-refractivity contribution is -0.128. The van der Waals surface area contributed by atoms with E-state index in [9.17, 15) is 23.1 Å². The molecule has 13 heteroatoms. The summed E-state index contributed by atoms with van der Waals surface area (Å²) in [5.41, 5.74) is 2.53. The Hall–Kier alpha value is -3.52. The summed E-state index contributed by atoms with van der Waals surface area (Å²) in [5, 5.41) is 17.7. The van der Waals surface area contributed by atoms with E-state index in [0.29, 0.717) is 31.8 Å². The van der Waals surface area contributed by atoms with Gasteiger partial charge < -0.3 is 25.0 Å².